The second-order valence-electron chi connectivity index (χ2n) is 7.80. The van der Waals surface area contributed by atoms with Crippen molar-refractivity contribution < 1.29 is 8.42 Å². The third-order valence-electron chi connectivity index (χ3n) is 5.80. The van der Waals surface area contributed by atoms with Crippen LogP contribution in [0.5, 0.6) is 0 Å². The molecule has 2 fully saturated rings. The molecule has 1 aliphatic heterocycles. The van der Waals surface area contributed by atoms with Crippen molar-refractivity contribution in [3.05, 3.63) is 24.2 Å². The van der Waals surface area contributed by atoms with Crippen molar-refractivity contribution >= 4 is 15.8 Å². The molecule has 2 aromatic rings. The molecule has 154 valence electrons. The SMILES string of the molecule is CC1CN(S(=O)(=O)C2CCCC2)CCN1c1nc(-c2cnn(C)c2)ncc1C#N. The second-order valence-corrected chi connectivity index (χ2v) is 10.0. The lowest BCUT2D eigenvalue weighted by molar-refractivity contribution is 0.337. The first kappa shape index (κ1) is 19.8. The molecule has 0 spiro atoms. The topological polar surface area (TPSA) is 108 Å². The van der Waals surface area contributed by atoms with E-state index in [4.69, 9.17) is 0 Å². The van der Waals surface area contributed by atoms with Gasteiger partial charge in [-0.1, -0.05) is 12.8 Å². The zero-order chi connectivity index (χ0) is 20.6. The van der Waals surface area contributed by atoms with Gasteiger partial charge in [0.2, 0.25) is 10.0 Å². The van der Waals surface area contributed by atoms with Gasteiger partial charge in [-0.3, -0.25) is 4.68 Å². The standard InChI is InChI=1S/C19H25N7O2S/c1-14-12-25(29(27,28)17-5-3-4-6-17)7-8-26(14)19-15(9-20)10-21-18(23-19)16-11-22-24(2)13-16/h10-11,13-14,17H,3-8,12H2,1-2H3. The van der Waals surface area contributed by atoms with E-state index in [-0.39, 0.29) is 11.3 Å². The van der Waals surface area contributed by atoms with E-state index >= 15 is 0 Å². The van der Waals surface area contributed by atoms with Gasteiger partial charge in [0.1, 0.15) is 11.6 Å². The van der Waals surface area contributed by atoms with Crippen LogP contribution in [-0.2, 0) is 17.1 Å². The third-order valence-corrected chi connectivity index (χ3v) is 8.16. The zero-order valence-electron chi connectivity index (χ0n) is 16.7. The van der Waals surface area contributed by atoms with Crippen LogP contribution in [0.4, 0.5) is 5.82 Å². The molecule has 2 aliphatic rings. The Kier molecular flexibility index (Phi) is 5.27. The maximum atomic E-state index is 13.0. The first-order chi connectivity index (χ1) is 13.9. The van der Waals surface area contributed by atoms with E-state index in [0.29, 0.717) is 36.8 Å². The van der Waals surface area contributed by atoms with Crippen LogP contribution in [0.1, 0.15) is 38.2 Å². The predicted octanol–water partition coefficient (Wildman–Crippen LogP) is 1.53. The van der Waals surface area contributed by atoms with Gasteiger partial charge in [-0.25, -0.2) is 18.4 Å². The number of hydrogen-bond donors (Lipinski definition) is 0. The first-order valence-electron chi connectivity index (χ1n) is 9.92. The normalized spacial score (nSPS) is 21.4. The highest BCUT2D eigenvalue weighted by Gasteiger charge is 2.38. The van der Waals surface area contributed by atoms with Gasteiger partial charge in [-0.15, -0.1) is 0 Å². The highest BCUT2D eigenvalue weighted by molar-refractivity contribution is 7.89. The fraction of sp³-hybridized carbons (Fsp3) is 0.579. The maximum Gasteiger partial charge on any atom is 0.217 e. The smallest absolute Gasteiger partial charge is 0.217 e. The number of nitriles is 1. The predicted molar refractivity (Wildman–Crippen MR) is 109 cm³/mol. The van der Waals surface area contributed by atoms with Gasteiger partial charge < -0.3 is 4.90 Å². The lowest BCUT2D eigenvalue weighted by Gasteiger charge is -2.41. The Hall–Kier alpha value is -2.51. The number of hydrogen-bond acceptors (Lipinski definition) is 7. The molecule has 0 aromatic carbocycles. The number of sulfonamides is 1. The molecule has 3 heterocycles. The van der Waals surface area contributed by atoms with E-state index in [2.05, 4.69) is 21.1 Å². The fourth-order valence-corrected chi connectivity index (χ4v) is 6.32. The number of anilines is 1. The monoisotopic (exact) mass is 415 g/mol. The Bertz CT molecular complexity index is 1040. The third kappa shape index (κ3) is 3.72. The van der Waals surface area contributed by atoms with Crippen molar-refractivity contribution in [1.29, 1.82) is 5.26 Å². The van der Waals surface area contributed by atoms with Crippen molar-refractivity contribution in [2.45, 2.75) is 43.9 Å². The van der Waals surface area contributed by atoms with Crippen molar-refractivity contribution in [2.24, 2.45) is 7.05 Å². The molecule has 4 rings (SSSR count). The largest absolute Gasteiger partial charge is 0.350 e. The van der Waals surface area contributed by atoms with Crippen molar-refractivity contribution in [3.63, 3.8) is 0 Å². The average molecular weight is 416 g/mol. The summed E-state index contributed by atoms with van der Waals surface area (Å²) in [6.07, 6.45) is 8.53. The second kappa shape index (κ2) is 7.72. The van der Waals surface area contributed by atoms with Crippen LogP contribution in [0.15, 0.2) is 18.6 Å². The van der Waals surface area contributed by atoms with E-state index in [1.54, 1.807) is 15.2 Å². The Morgan fingerprint density at radius 2 is 1.97 bits per heavy atom. The van der Waals surface area contributed by atoms with E-state index in [1.807, 2.05) is 25.1 Å². The molecule has 1 aliphatic carbocycles. The Balaban J connectivity index is 1.58. The number of rotatable bonds is 4. The molecule has 0 bridgehead atoms. The van der Waals surface area contributed by atoms with E-state index in [1.165, 1.54) is 6.20 Å². The van der Waals surface area contributed by atoms with Crippen LogP contribution in [0.3, 0.4) is 0 Å². The summed E-state index contributed by atoms with van der Waals surface area (Å²) in [5.74, 6) is 1.05. The lowest BCUT2D eigenvalue weighted by atomic mass is 10.2. The Labute approximate surface area is 171 Å². The molecule has 2 aromatic heterocycles. The fourth-order valence-electron chi connectivity index (χ4n) is 4.21. The van der Waals surface area contributed by atoms with Gasteiger partial charge >= 0.3 is 0 Å². The van der Waals surface area contributed by atoms with E-state index < -0.39 is 10.0 Å². The maximum absolute atomic E-state index is 13.0. The molecule has 29 heavy (non-hydrogen) atoms. The molecule has 1 unspecified atom stereocenters. The number of nitrogens with zero attached hydrogens (tertiary/aromatic N) is 7. The number of aryl methyl sites for hydroxylation is 1. The molecule has 10 heteroatoms. The average Bonchev–Trinajstić information content (AvgIpc) is 3.40. The number of piperazine rings is 1. The summed E-state index contributed by atoms with van der Waals surface area (Å²) >= 11 is 0. The van der Waals surface area contributed by atoms with Gasteiger partial charge in [-0.2, -0.15) is 14.7 Å². The molecule has 0 amide bonds. The Morgan fingerprint density at radius 1 is 1.21 bits per heavy atom. The summed E-state index contributed by atoms with van der Waals surface area (Å²) in [6.45, 7) is 3.27. The molecule has 0 radical (unpaired) electrons. The van der Waals surface area contributed by atoms with E-state index in [0.717, 1.165) is 31.2 Å². The summed E-state index contributed by atoms with van der Waals surface area (Å²) in [7, 11) is -1.45. The molecule has 1 saturated carbocycles. The summed E-state index contributed by atoms with van der Waals surface area (Å²) in [5, 5.41) is 13.5. The minimum atomic E-state index is -3.27. The van der Waals surface area contributed by atoms with Gasteiger partial charge in [-0.05, 0) is 19.8 Å². The Morgan fingerprint density at radius 3 is 2.59 bits per heavy atom. The van der Waals surface area contributed by atoms with Crippen molar-refractivity contribution in [1.82, 2.24) is 24.1 Å². The van der Waals surface area contributed by atoms with Crippen LogP contribution in [-0.4, -0.2) is 63.4 Å². The van der Waals surface area contributed by atoms with E-state index in [9.17, 15) is 13.7 Å². The van der Waals surface area contributed by atoms with Gasteiger partial charge in [0.05, 0.1) is 23.2 Å². The number of aromatic nitrogens is 4. The quantitative estimate of drug-likeness (QED) is 0.745. The van der Waals surface area contributed by atoms with Crippen LogP contribution in [0.2, 0.25) is 0 Å². The van der Waals surface area contributed by atoms with Crippen LogP contribution >= 0.6 is 0 Å². The molecule has 1 saturated heterocycles. The minimum Gasteiger partial charge on any atom is -0.350 e. The van der Waals surface area contributed by atoms with Gasteiger partial charge in [0, 0.05) is 38.9 Å². The summed E-state index contributed by atoms with van der Waals surface area (Å²) < 4.78 is 29.2. The highest BCUT2D eigenvalue weighted by Crippen LogP contribution is 2.30. The van der Waals surface area contributed by atoms with Crippen molar-refractivity contribution in [3.8, 4) is 17.5 Å². The molecular weight excluding hydrogens is 390 g/mol. The van der Waals surface area contributed by atoms with Gasteiger partial charge in [0.25, 0.3) is 0 Å². The molecule has 1 atom stereocenters. The zero-order valence-corrected chi connectivity index (χ0v) is 17.5. The summed E-state index contributed by atoms with van der Waals surface area (Å²) in [4.78, 5) is 11.0. The summed E-state index contributed by atoms with van der Waals surface area (Å²) in [6, 6.07) is 2.07. The van der Waals surface area contributed by atoms with Crippen molar-refractivity contribution in [2.75, 3.05) is 24.5 Å². The lowest BCUT2D eigenvalue weighted by Crippen LogP contribution is -2.55. The summed E-state index contributed by atoms with van der Waals surface area (Å²) in [5.41, 5.74) is 1.16. The first-order valence-corrected chi connectivity index (χ1v) is 11.4. The minimum absolute atomic E-state index is 0.0938. The van der Waals surface area contributed by atoms with Crippen LogP contribution in [0, 0.1) is 11.3 Å². The van der Waals surface area contributed by atoms with Crippen LogP contribution < -0.4 is 4.90 Å². The van der Waals surface area contributed by atoms with Crippen LogP contribution in [0.25, 0.3) is 11.4 Å². The molecular formula is C19H25N7O2S. The van der Waals surface area contributed by atoms with Gasteiger partial charge in [0.15, 0.2) is 11.6 Å². The molecule has 0 N–H and O–H groups in total. The highest BCUT2D eigenvalue weighted by atomic mass is 32.2. The molecule has 9 nitrogen and oxygen atoms in total.